The van der Waals surface area contributed by atoms with Gasteiger partial charge in [-0.2, -0.15) is 11.3 Å². The highest BCUT2D eigenvalue weighted by Crippen LogP contribution is 2.17. The van der Waals surface area contributed by atoms with Crippen LogP contribution in [0.4, 0.5) is 0 Å². The van der Waals surface area contributed by atoms with Crippen LogP contribution in [0, 0.1) is 0 Å². The van der Waals surface area contributed by atoms with E-state index in [-0.39, 0.29) is 5.78 Å². The van der Waals surface area contributed by atoms with Crippen LogP contribution in [0.1, 0.15) is 15.9 Å². The Morgan fingerprint density at radius 1 is 1.47 bits per heavy atom. The summed E-state index contributed by atoms with van der Waals surface area (Å²) < 4.78 is 0. The van der Waals surface area contributed by atoms with Crippen LogP contribution >= 0.6 is 22.9 Å². The number of nitrogens with zero attached hydrogens (tertiary/aromatic N) is 1. The molecule has 0 N–H and O–H groups in total. The predicted molar refractivity (Wildman–Crippen MR) is 61.6 cm³/mol. The monoisotopic (exact) mass is 237 g/mol. The van der Waals surface area contributed by atoms with Crippen molar-refractivity contribution in [1.29, 1.82) is 0 Å². The predicted octanol–water partition coefficient (Wildman–Crippen LogP) is 3.22. The molecule has 0 atom stereocenters. The Morgan fingerprint density at radius 2 is 2.33 bits per heavy atom. The molecule has 2 nitrogen and oxygen atoms in total. The molecule has 0 saturated carbocycles. The first-order valence-corrected chi connectivity index (χ1v) is 5.73. The van der Waals surface area contributed by atoms with Gasteiger partial charge < -0.3 is 0 Å². The fourth-order valence-corrected chi connectivity index (χ4v) is 2.09. The molecule has 0 saturated heterocycles. The maximum Gasteiger partial charge on any atom is 0.168 e. The highest BCUT2D eigenvalue weighted by atomic mass is 35.5. The van der Waals surface area contributed by atoms with Crippen LogP contribution in [0.3, 0.4) is 0 Å². The molecule has 0 radical (unpaired) electrons. The van der Waals surface area contributed by atoms with Crippen molar-refractivity contribution in [2.45, 2.75) is 6.42 Å². The first-order chi connectivity index (χ1) is 7.27. The SMILES string of the molecule is O=C(Cc1ccncc1Cl)c1ccsc1. The topological polar surface area (TPSA) is 30.0 Å². The van der Waals surface area contributed by atoms with E-state index in [0.29, 0.717) is 11.4 Å². The van der Waals surface area contributed by atoms with Crippen LogP contribution in [0.5, 0.6) is 0 Å². The second-order valence-electron chi connectivity index (χ2n) is 3.08. The fourth-order valence-electron chi connectivity index (χ4n) is 1.25. The first-order valence-electron chi connectivity index (χ1n) is 4.41. The minimum Gasteiger partial charge on any atom is -0.294 e. The molecule has 2 heterocycles. The zero-order valence-corrected chi connectivity index (χ0v) is 9.39. The van der Waals surface area contributed by atoms with Crippen molar-refractivity contribution in [1.82, 2.24) is 4.98 Å². The van der Waals surface area contributed by atoms with Gasteiger partial charge in [0, 0.05) is 29.8 Å². The first kappa shape index (κ1) is 10.3. The highest BCUT2D eigenvalue weighted by Gasteiger charge is 2.09. The van der Waals surface area contributed by atoms with Crippen LogP contribution < -0.4 is 0 Å². The van der Waals surface area contributed by atoms with Crippen molar-refractivity contribution >= 4 is 28.7 Å². The van der Waals surface area contributed by atoms with E-state index in [2.05, 4.69) is 4.98 Å². The molecular weight excluding hydrogens is 230 g/mol. The molecule has 0 fully saturated rings. The average molecular weight is 238 g/mol. The van der Waals surface area contributed by atoms with Gasteiger partial charge in [-0.3, -0.25) is 9.78 Å². The van der Waals surface area contributed by atoms with Crippen molar-refractivity contribution in [3.05, 3.63) is 51.4 Å². The minimum atomic E-state index is 0.0874. The molecule has 0 bridgehead atoms. The van der Waals surface area contributed by atoms with Gasteiger partial charge in [-0.05, 0) is 23.1 Å². The van der Waals surface area contributed by atoms with Crippen molar-refractivity contribution < 1.29 is 4.79 Å². The van der Waals surface area contributed by atoms with E-state index >= 15 is 0 Å². The molecule has 0 aliphatic carbocycles. The van der Waals surface area contributed by atoms with Gasteiger partial charge in [0.1, 0.15) is 0 Å². The number of hydrogen-bond acceptors (Lipinski definition) is 3. The van der Waals surface area contributed by atoms with Gasteiger partial charge in [-0.25, -0.2) is 0 Å². The lowest BCUT2D eigenvalue weighted by Gasteiger charge is -2.01. The van der Waals surface area contributed by atoms with E-state index in [1.807, 2.05) is 16.8 Å². The lowest BCUT2D eigenvalue weighted by molar-refractivity contribution is 0.0993. The Hall–Kier alpha value is -1.19. The average Bonchev–Trinajstić information content (AvgIpc) is 2.74. The number of thiophene rings is 1. The van der Waals surface area contributed by atoms with E-state index in [9.17, 15) is 4.79 Å². The number of ketones is 1. The zero-order valence-electron chi connectivity index (χ0n) is 7.81. The van der Waals surface area contributed by atoms with E-state index in [0.717, 1.165) is 11.1 Å². The van der Waals surface area contributed by atoms with Crippen molar-refractivity contribution in [2.75, 3.05) is 0 Å². The van der Waals surface area contributed by atoms with Crippen LogP contribution in [0.2, 0.25) is 5.02 Å². The summed E-state index contributed by atoms with van der Waals surface area (Å²) in [6, 6.07) is 3.59. The van der Waals surface area contributed by atoms with Gasteiger partial charge in [-0.1, -0.05) is 11.6 Å². The molecule has 2 rings (SSSR count). The fraction of sp³-hybridized carbons (Fsp3) is 0.0909. The summed E-state index contributed by atoms with van der Waals surface area (Å²) in [6.45, 7) is 0. The zero-order chi connectivity index (χ0) is 10.7. The van der Waals surface area contributed by atoms with Crippen molar-refractivity contribution in [2.24, 2.45) is 0 Å². The Kier molecular flexibility index (Phi) is 3.14. The Bertz CT molecular complexity index is 467. The van der Waals surface area contributed by atoms with E-state index < -0.39 is 0 Å². The van der Waals surface area contributed by atoms with Crippen LogP contribution in [0.25, 0.3) is 0 Å². The molecule has 2 aromatic heterocycles. The van der Waals surface area contributed by atoms with Crippen LogP contribution in [0.15, 0.2) is 35.3 Å². The molecule has 2 aromatic rings. The molecule has 0 spiro atoms. The molecule has 0 aliphatic heterocycles. The number of pyridine rings is 1. The van der Waals surface area contributed by atoms with E-state index in [1.54, 1.807) is 18.5 Å². The van der Waals surface area contributed by atoms with Gasteiger partial charge in [0.2, 0.25) is 0 Å². The van der Waals surface area contributed by atoms with Gasteiger partial charge >= 0.3 is 0 Å². The Morgan fingerprint density at radius 3 is 3.00 bits per heavy atom. The molecule has 76 valence electrons. The molecule has 0 aromatic carbocycles. The third-order valence-electron chi connectivity index (χ3n) is 2.05. The maximum absolute atomic E-state index is 11.8. The number of carbonyl (C=O) groups is 1. The van der Waals surface area contributed by atoms with Gasteiger partial charge in [0.25, 0.3) is 0 Å². The minimum absolute atomic E-state index is 0.0874. The lowest BCUT2D eigenvalue weighted by Crippen LogP contribution is -2.02. The molecule has 15 heavy (non-hydrogen) atoms. The smallest absolute Gasteiger partial charge is 0.168 e. The summed E-state index contributed by atoms with van der Waals surface area (Å²) in [5.41, 5.74) is 1.57. The Labute approximate surface area is 96.5 Å². The molecule has 0 aliphatic rings. The summed E-state index contributed by atoms with van der Waals surface area (Å²) in [6.07, 6.45) is 3.53. The quantitative estimate of drug-likeness (QED) is 0.768. The second-order valence-corrected chi connectivity index (χ2v) is 4.27. The summed E-state index contributed by atoms with van der Waals surface area (Å²) in [5, 5.41) is 4.28. The Balaban J connectivity index is 2.17. The van der Waals surface area contributed by atoms with Crippen molar-refractivity contribution in [3.8, 4) is 0 Å². The van der Waals surface area contributed by atoms with Gasteiger partial charge in [0.15, 0.2) is 5.78 Å². The van der Waals surface area contributed by atoms with E-state index in [4.69, 9.17) is 11.6 Å². The van der Waals surface area contributed by atoms with Crippen LogP contribution in [-0.4, -0.2) is 10.8 Å². The summed E-state index contributed by atoms with van der Waals surface area (Å²) >= 11 is 7.43. The lowest BCUT2D eigenvalue weighted by atomic mass is 10.1. The number of hydrogen-bond donors (Lipinski definition) is 0. The van der Waals surface area contributed by atoms with E-state index in [1.165, 1.54) is 11.3 Å². The number of rotatable bonds is 3. The van der Waals surface area contributed by atoms with Gasteiger partial charge in [0.05, 0.1) is 5.02 Å². The second kappa shape index (κ2) is 4.55. The summed E-state index contributed by atoms with van der Waals surface area (Å²) in [5.74, 6) is 0.0874. The number of halogens is 1. The van der Waals surface area contributed by atoms with Gasteiger partial charge in [-0.15, -0.1) is 0 Å². The third kappa shape index (κ3) is 2.43. The maximum atomic E-state index is 11.8. The number of carbonyl (C=O) groups excluding carboxylic acids is 1. The molecule has 4 heteroatoms. The number of aromatic nitrogens is 1. The summed E-state index contributed by atoms with van der Waals surface area (Å²) in [7, 11) is 0. The standard InChI is InChI=1S/C11H8ClNOS/c12-10-6-13-3-1-8(10)5-11(14)9-2-4-15-7-9/h1-4,6-7H,5H2. The third-order valence-corrected chi connectivity index (χ3v) is 3.07. The largest absolute Gasteiger partial charge is 0.294 e. The molecule has 0 unspecified atom stereocenters. The van der Waals surface area contributed by atoms with Crippen molar-refractivity contribution in [3.63, 3.8) is 0 Å². The molecule has 0 amide bonds. The van der Waals surface area contributed by atoms with Crippen LogP contribution in [-0.2, 0) is 6.42 Å². The summed E-state index contributed by atoms with van der Waals surface area (Å²) in [4.78, 5) is 15.6. The highest BCUT2D eigenvalue weighted by molar-refractivity contribution is 7.08. The normalized spacial score (nSPS) is 10.2. The molecular formula is C11H8ClNOS. The number of Topliss-reactive ketones (excluding diaryl/α,β-unsaturated/α-hetero) is 1.